The van der Waals surface area contributed by atoms with Gasteiger partial charge in [-0.15, -0.1) is 10.2 Å². The number of imidazole rings is 1. The lowest BCUT2D eigenvalue weighted by Crippen LogP contribution is -2.27. The molecule has 0 atom stereocenters. The summed E-state index contributed by atoms with van der Waals surface area (Å²) in [4.78, 5) is 33.0. The Labute approximate surface area is 187 Å². The fourth-order valence-corrected chi connectivity index (χ4v) is 3.77. The number of nitrogens with one attached hydrogen (secondary N) is 2. The molecular formula is C20H21N9O2S. The summed E-state index contributed by atoms with van der Waals surface area (Å²) in [6.45, 7) is 4.65. The van der Waals surface area contributed by atoms with Crippen LogP contribution in [0.25, 0.3) is 11.4 Å². The number of nitrogens with zero attached hydrogens (tertiary/aromatic N) is 7. The number of amides is 2. The monoisotopic (exact) mass is 451 g/mol. The fraction of sp³-hybridized carbons (Fsp3) is 0.350. The molecule has 0 radical (unpaired) electrons. The van der Waals surface area contributed by atoms with Crippen molar-refractivity contribution in [2.24, 2.45) is 11.8 Å². The van der Waals surface area contributed by atoms with Crippen LogP contribution in [-0.2, 0) is 4.79 Å². The van der Waals surface area contributed by atoms with Gasteiger partial charge in [-0.2, -0.15) is 5.10 Å². The molecule has 0 aliphatic heterocycles. The van der Waals surface area contributed by atoms with Gasteiger partial charge in [-0.3, -0.25) is 14.0 Å². The van der Waals surface area contributed by atoms with Crippen molar-refractivity contribution < 1.29 is 9.59 Å². The quantitative estimate of drug-likeness (QED) is 0.436. The third kappa shape index (κ3) is 4.26. The van der Waals surface area contributed by atoms with Gasteiger partial charge in [0.05, 0.1) is 11.8 Å². The van der Waals surface area contributed by atoms with Crippen LogP contribution in [0.2, 0.25) is 0 Å². The van der Waals surface area contributed by atoms with Crippen molar-refractivity contribution in [2.45, 2.75) is 36.9 Å². The van der Waals surface area contributed by atoms with E-state index in [9.17, 15) is 9.59 Å². The van der Waals surface area contributed by atoms with Gasteiger partial charge in [0.2, 0.25) is 11.1 Å². The molecule has 1 aliphatic carbocycles. The molecule has 0 aromatic carbocycles. The molecule has 4 aromatic heterocycles. The maximum atomic E-state index is 12.4. The molecule has 1 aliphatic rings. The SMILES string of the molecule is CC(C)CNC(=O)c1cnc2nnc(Sc3ccc4nc(NC(=O)C5CC5)cn4n3)n2c1. The highest BCUT2D eigenvalue weighted by atomic mass is 32.2. The first-order chi connectivity index (χ1) is 15.5. The molecule has 11 nitrogen and oxygen atoms in total. The highest BCUT2D eigenvalue weighted by Gasteiger charge is 2.30. The van der Waals surface area contributed by atoms with E-state index in [1.807, 2.05) is 26.0 Å². The largest absolute Gasteiger partial charge is 0.352 e. The van der Waals surface area contributed by atoms with E-state index < -0.39 is 0 Å². The molecule has 0 spiro atoms. The molecule has 164 valence electrons. The van der Waals surface area contributed by atoms with Crippen molar-refractivity contribution in [1.82, 2.24) is 39.5 Å². The summed E-state index contributed by atoms with van der Waals surface area (Å²) >= 11 is 1.29. The molecule has 2 amide bonds. The molecule has 1 fully saturated rings. The van der Waals surface area contributed by atoms with Crippen molar-refractivity contribution in [3.63, 3.8) is 0 Å². The summed E-state index contributed by atoms with van der Waals surface area (Å²) in [5.74, 6) is 1.12. The van der Waals surface area contributed by atoms with E-state index in [2.05, 4.69) is 35.9 Å². The third-order valence-corrected chi connectivity index (χ3v) is 5.75. The van der Waals surface area contributed by atoms with Crippen LogP contribution in [-0.4, -0.2) is 52.5 Å². The van der Waals surface area contributed by atoms with Crippen molar-refractivity contribution in [3.8, 4) is 0 Å². The van der Waals surface area contributed by atoms with E-state index in [-0.39, 0.29) is 17.7 Å². The predicted octanol–water partition coefficient (Wildman–Crippen LogP) is 2.05. The minimum atomic E-state index is -0.198. The summed E-state index contributed by atoms with van der Waals surface area (Å²) in [6.07, 6.45) is 6.70. The minimum Gasteiger partial charge on any atom is -0.352 e. The Morgan fingerprint density at radius 3 is 2.84 bits per heavy atom. The van der Waals surface area contributed by atoms with Crippen molar-refractivity contribution in [3.05, 3.63) is 36.3 Å². The van der Waals surface area contributed by atoms with E-state index in [1.54, 1.807) is 21.3 Å². The number of fused-ring (bicyclic) bond motifs is 2. The maximum absolute atomic E-state index is 12.4. The van der Waals surface area contributed by atoms with Crippen LogP contribution in [0.1, 0.15) is 37.0 Å². The van der Waals surface area contributed by atoms with Crippen LogP contribution >= 0.6 is 11.8 Å². The van der Waals surface area contributed by atoms with E-state index in [0.717, 1.165) is 12.8 Å². The van der Waals surface area contributed by atoms with Gasteiger partial charge < -0.3 is 10.6 Å². The highest BCUT2D eigenvalue weighted by Crippen LogP contribution is 2.30. The Hall–Kier alpha value is -3.54. The molecule has 0 unspecified atom stereocenters. The van der Waals surface area contributed by atoms with Gasteiger partial charge in [-0.1, -0.05) is 13.8 Å². The second-order valence-electron chi connectivity index (χ2n) is 8.07. The fourth-order valence-electron chi connectivity index (χ4n) is 3.00. The predicted molar refractivity (Wildman–Crippen MR) is 116 cm³/mol. The molecule has 1 saturated carbocycles. The molecule has 0 bridgehead atoms. The molecule has 4 aromatic rings. The number of aromatic nitrogens is 7. The highest BCUT2D eigenvalue weighted by molar-refractivity contribution is 7.99. The lowest BCUT2D eigenvalue weighted by atomic mass is 10.2. The van der Waals surface area contributed by atoms with Gasteiger partial charge in [0.15, 0.2) is 11.5 Å². The number of rotatable bonds is 7. The van der Waals surface area contributed by atoms with Crippen LogP contribution in [0.15, 0.2) is 40.9 Å². The average molecular weight is 452 g/mol. The van der Waals surface area contributed by atoms with E-state index >= 15 is 0 Å². The van der Waals surface area contributed by atoms with Gasteiger partial charge in [-0.25, -0.2) is 14.5 Å². The Balaban J connectivity index is 1.36. The third-order valence-electron chi connectivity index (χ3n) is 4.86. The Bertz CT molecular complexity index is 1330. The number of carbonyl (C=O) groups excluding carboxylic acids is 2. The lowest BCUT2D eigenvalue weighted by Gasteiger charge is -2.07. The summed E-state index contributed by atoms with van der Waals surface area (Å²) in [5.41, 5.74) is 1.05. The van der Waals surface area contributed by atoms with Gasteiger partial charge >= 0.3 is 0 Å². The van der Waals surface area contributed by atoms with E-state index in [4.69, 9.17) is 0 Å². The Morgan fingerprint density at radius 2 is 2.06 bits per heavy atom. The molecule has 5 rings (SSSR count). The van der Waals surface area contributed by atoms with Crippen molar-refractivity contribution >= 4 is 40.8 Å². The summed E-state index contributed by atoms with van der Waals surface area (Å²) in [5, 5.41) is 19.7. The van der Waals surface area contributed by atoms with Gasteiger partial charge in [0.25, 0.3) is 11.7 Å². The maximum Gasteiger partial charge on any atom is 0.255 e. The van der Waals surface area contributed by atoms with Crippen LogP contribution in [0.3, 0.4) is 0 Å². The summed E-state index contributed by atoms with van der Waals surface area (Å²) in [7, 11) is 0. The van der Waals surface area contributed by atoms with Crippen LogP contribution in [0.5, 0.6) is 0 Å². The molecular weight excluding hydrogens is 430 g/mol. The van der Waals surface area contributed by atoms with E-state index in [1.165, 1.54) is 18.0 Å². The summed E-state index contributed by atoms with van der Waals surface area (Å²) < 4.78 is 3.27. The van der Waals surface area contributed by atoms with Crippen molar-refractivity contribution in [1.29, 1.82) is 0 Å². The standard InChI is InChI=1S/C20H21N9O2S/c1-11(2)7-21-17(30)13-8-22-19-25-26-20(28(19)9-13)32-16-6-5-15-23-14(10-29(15)27-16)24-18(31)12-3-4-12/h5-6,8-12H,3-4,7H2,1-2H3,(H,21,30)(H,24,31). The summed E-state index contributed by atoms with van der Waals surface area (Å²) in [6, 6.07) is 3.63. The number of hydrogen-bond donors (Lipinski definition) is 2. The zero-order chi connectivity index (χ0) is 22.2. The molecule has 12 heteroatoms. The Kier molecular flexibility index (Phi) is 5.21. The number of anilines is 1. The molecule has 4 heterocycles. The number of hydrogen-bond acceptors (Lipinski definition) is 8. The van der Waals surface area contributed by atoms with Gasteiger partial charge in [0.1, 0.15) is 5.03 Å². The average Bonchev–Trinajstić information content (AvgIpc) is 3.45. The zero-order valence-electron chi connectivity index (χ0n) is 17.5. The molecule has 32 heavy (non-hydrogen) atoms. The van der Waals surface area contributed by atoms with E-state index in [0.29, 0.717) is 45.5 Å². The molecule has 2 N–H and O–H groups in total. The second kappa shape index (κ2) is 8.19. The topological polar surface area (TPSA) is 131 Å². The van der Waals surface area contributed by atoms with Crippen LogP contribution in [0.4, 0.5) is 5.82 Å². The first kappa shape index (κ1) is 20.4. The molecule has 0 saturated heterocycles. The zero-order valence-corrected chi connectivity index (χ0v) is 18.3. The Morgan fingerprint density at radius 1 is 1.22 bits per heavy atom. The second-order valence-corrected chi connectivity index (χ2v) is 9.05. The minimum absolute atomic E-state index is 0.00123. The lowest BCUT2D eigenvalue weighted by molar-refractivity contribution is -0.117. The van der Waals surface area contributed by atoms with Crippen LogP contribution in [0, 0.1) is 11.8 Å². The first-order valence-corrected chi connectivity index (χ1v) is 11.1. The van der Waals surface area contributed by atoms with Gasteiger partial charge in [-0.05, 0) is 42.7 Å². The first-order valence-electron chi connectivity index (χ1n) is 10.3. The number of carbonyl (C=O) groups is 2. The van der Waals surface area contributed by atoms with Crippen molar-refractivity contribution in [2.75, 3.05) is 11.9 Å². The normalized spacial score (nSPS) is 13.7. The van der Waals surface area contributed by atoms with Gasteiger partial charge in [0, 0.05) is 24.9 Å². The smallest absolute Gasteiger partial charge is 0.255 e. The van der Waals surface area contributed by atoms with Crippen LogP contribution < -0.4 is 10.6 Å².